The summed E-state index contributed by atoms with van der Waals surface area (Å²) in [4.78, 5) is 13.1. The molecule has 0 heterocycles. The zero-order valence-electron chi connectivity index (χ0n) is 16.8. The quantitative estimate of drug-likeness (QED) is 0.229. The molecule has 0 amide bonds. The van der Waals surface area contributed by atoms with Gasteiger partial charge in [-0.15, -0.1) is 0 Å². The van der Waals surface area contributed by atoms with Crippen LogP contribution in [0.25, 0.3) is 0 Å². The standard InChI is InChI=1S/C26H20ClO3P.Li.H/c1-18-9-8-14-22(27)25(18)26(28)31-24-16-15-21(29-19-10-4-2-5-11-19)17-23(24)30-20-12-6-3-7-13-20;;/h2-17,31H,1H3;;. The Labute approximate surface area is 206 Å². The molecule has 1 atom stereocenters. The first-order valence-corrected chi connectivity index (χ1v) is 11.1. The van der Waals surface area contributed by atoms with Crippen molar-refractivity contribution in [2.75, 3.05) is 0 Å². The molecule has 0 spiro atoms. The zero-order valence-corrected chi connectivity index (χ0v) is 18.6. The van der Waals surface area contributed by atoms with Crippen LogP contribution in [0.2, 0.25) is 5.02 Å². The third-order valence-corrected chi connectivity index (χ3v) is 6.07. The molecule has 0 radical (unpaired) electrons. The van der Waals surface area contributed by atoms with E-state index < -0.39 is 0 Å². The molecule has 0 aliphatic heterocycles. The monoisotopic (exact) mass is 454 g/mol. The molecule has 4 aromatic rings. The van der Waals surface area contributed by atoms with Gasteiger partial charge in [0.25, 0.3) is 0 Å². The Morgan fingerprint density at radius 1 is 0.750 bits per heavy atom. The normalized spacial score (nSPS) is 10.6. The van der Waals surface area contributed by atoms with Gasteiger partial charge in [-0.1, -0.05) is 60.1 Å². The van der Waals surface area contributed by atoms with Crippen molar-refractivity contribution in [1.82, 2.24) is 0 Å². The van der Waals surface area contributed by atoms with E-state index >= 15 is 0 Å². The van der Waals surface area contributed by atoms with E-state index in [2.05, 4.69) is 0 Å². The van der Waals surface area contributed by atoms with E-state index in [0.29, 0.717) is 27.8 Å². The molecule has 1 unspecified atom stereocenters. The van der Waals surface area contributed by atoms with Crippen LogP contribution in [-0.4, -0.2) is 24.4 Å². The molecular formula is C26H21ClLiO3P. The summed E-state index contributed by atoms with van der Waals surface area (Å²) >= 11 is 6.31. The maximum absolute atomic E-state index is 13.1. The van der Waals surface area contributed by atoms with Crippen LogP contribution in [0.3, 0.4) is 0 Å². The van der Waals surface area contributed by atoms with Crippen LogP contribution in [0.15, 0.2) is 97.1 Å². The molecule has 0 aromatic heterocycles. The minimum absolute atomic E-state index is 0. The predicted molar refractivity (Wildman–Crippen MR) is 135 cm³/mol. The van der Waals surface area contributed by atoms with Crippen molar-refractivity contribution in [2.24, 2.45) is 0 Å². The molecule has 32 heavy (non-hydrogen) atoms. The number of carbonyl (C=O) groups is 1. The second kappa shape index (κ2) is 11.4. The van der Waals surface area contributed by atoms with Crippen LogP contribution in [0.4, 0.5) is 0 Å². The second-order valence-electron chi connectivity index (χ2n) is 6.87. The SMILES string of the molecule is Cc1cccc(Cl)c1C(=O)Pc1ccc(Oc2ccccc2)cc1Oc1ccccc1.[LiH]. The number of aryl methyl sites for hydroxylation is 1. The van der Waals surface area contributed by atoms with Crippen molar-refractivity contribution in [3.63, 3.8) is 0 Å². The van der Waals surface area contributed by atoms with Crippen LogP contribution in [0.5, 0.6) is 23.0 Å². The van der Waals surface area contributed by atoms with Crippen LogP contribution in [0.1, 0.15) is 15.9 Å². The van der Waals surface area contributed by atoms with Gasteiger partial charge < -0.3 is 9.47 Å². The number of benzene rings is 4. The summed E-state index contributed by atoms with van der Waals surface area (Å²) < 4.78 is 12.1. The molecule has 0 aliphatic rings. The number of para-hydroxylation sites is 2. The number of ether oxygens (including phenoxy) is 2. The second-order valence-corrected chi connectivity index (χ2v) is 8.52. The summed E-state index contributed by atoms with van der Waals surface area (Å²) in [5, 5.41) is 1.25. The Morgan fingerprint density at radius 2 is 1.38 bits per heavy atom. The third kappa shape index (κ3) is 6.03. The average Bonchev–Trinajstić information content (AvgIpc) is 2.77. The van der Waals surface area contributed by atoms with E-state index in [9.17, 15) is 4.79 Å². The van der Waals surface area contributed by atoms with Gasteiger partial charge in [0.1, 0.15) is 23.0 Å². The summed E-state index contributed by atoms with van der Waals surface area (Å²) in [5.41, 5.74) is 1.38. The van der Waals surface area contributed by atoms with Gasteiger partial charge in [-0.3, -0.25) is 4.79 Å². The molecule has 156 valence electrons. The molecule has 0 fully saturated rings. The number of rotatable bonds is 7. The fourth-order valence-electron chi connectivity index (χ4n) is 3.10. The van der Waals surface area contributed by atoms with Gasteiger partial charge in [-0.2, -0.15) is 0 Å². The van der Waals surface area contributed by atoms with Gasteiger partial charge in [0, 0.05) is 16.9 Å². The number of carbonyl (C=O) groups excluding carboxylic acids is 1. The molecule has 3 nitrogen and oxygen atoms in total. The van der Waals surface area contributed by atoms with E-state index in [1.54, 1.807) is 6.07 Å². The minimum atomic E-state index is -0.141. The van der Waals surface area contributed by atoms with Gasteiger partial charge in [-0.05, 0) is 63.5 Å². The Kier molecular flexibility index (Phi) is 8.57. The molecule has 0 bridgehead atoms. The van der Waals surface area contributed by atoms with E-state index in [1.807, 2.05) is 97.9 Å². The maximum atomic E-state index is 13.1. The van der Waals surface area contributed by atoms with Crippen LogP contribution in [-0.2, 0) is 0 Å². The molecular weight excluding hydrogens is 434 g/mol. The number of hydrogen-bond acceptors (Lipinski definition) is 3. The molecule has 4 rings (SSSR count). The molecule has 4 aromatic carbocycles. The van der Waals surface area contributed by atoms with Crippen molar-refractivity contribution in [1.29, 1.82) is 0 Å². The van der Waals surface area contributed by atoms with Gasteiger partial charge >= 0.3 is 18.9 Å². The van der Waals surface area contributed by atoms with E-state index in [0.717, 1.165) is 16.6 Å². The first kappa shape index (κ1) is 24.1. The van der Waals surface area contributed by atoms with Crippen molar-refractivity contribution in [3.8, 4) is 23.0 Å². The Morgan fingerprint density at radius 3 is 2.00 bits per heavy atom. The first-order valence-electron chi connectivity index (χ1n) is 9.76. The topological polar surface area (TPSA) is 35.5 Å². The zero-order chi connectivity index (χ0) is 21.6. The van der Waals surface area contributed by atoms with Gasteiger partial charge in [0.15, 0.2) is 5.52 Å². The Balaban J connectivity index is 0.00000289. The molecule has 6 heteroatoms. The van der Waals surface area contributed by atoms with E-state index in [4.69, 9.17) is 21.1 Å². The van der Waals surface area contributed by atoms with Crippen LogP contribution < -0.4 is 14.8 Å². The van der Waals surface area contributed by atoms with E-state index in [-0.39, 0.29) is 33.0 Å². The van der Waals surface area contributed by atoms with Crippen molar-refractivity contribution in [3.05, 3.63) is 113 Å². The van der Waals surface area contributed by atoms with Gasteiger partial charge in [-0.25, -0.2) is 0 Å². The Hall–Kier alpha value is -2.53. The van der Waals surface area contributed by atoms with Crippen LogP contribution in [0, 0.1) is 6.92 Å². The summed E-state index contributed by atoms with van der Waals surface area (Å²) in [5.74, 6) is 2.63. The van der Waals surface area contributed by atoms with E-state index in [1.165, 1.54) is 0 Å². The molecule has 0 saturated heterocycles. The predicted octanol–water partition coefficient (Wildman–Crippen LogP) is 6.73. The van der Waals surface area contributed by atoms with Crippen LogP contribution >= 0.6 is 20.2 Å². The Bertz CT molecular complexity index is 1180. The van der Waals surface area contributed by atoms with Crippen molar-refractivity contribution in [2.45, 2.75) is 6.92 Å². The summed E-state index contributed by atoms with van der Waals surface area (Å²) in [6.45, 7) is 1.89. The summed E-state index contributed by atoms with van der Waals surface area (Å²) in [6.07, 6.45) is 0. The fraction of sp³-hybridized carbons (Fsp3) is 0.0385. The number of hydrogen-bond donors (Lipinski definition) is 0. The van der Waals surface area contributed by atoms with Crippen molar-refractivity contribution < 1.29 is 14.3 Å². The number of halogens is 1. The third-order valence-electron chi connectivity index (χ3n) is 4.60. The summed E-state index contributed by atoms with van der Waals surface area (Å²) in [6, 6.07) is 30.0. The van der Waals surface area contributed by atoms with Gasteiger partial charge in [0.2, 0.25) is 0 Å². The first-order chi connectivity index (χ1) is 15.1. The average molecular weight is 455 g/mol. The fourth-order valence-corrected chi connectivity index (χ4v) is 4.60. The molecule has 0 saturated carbocycles. The molecule has 0 N–H and O–H groups in total. The van der Waals surface area contributed by atoms with Crippen molar-refractivity contribution >= 4 is 49.9 Å². The van der Waals surface area contributed by atoms with Gasteiger partial charge in [0.05, 0.1) is 5.02 Å². The summed E-state index contributed by atoms with van der Waals surface area (Å²) in [7, 11) is -0.141. The molecule has 0 aliphatic carbocycles.